The molecule has 0 bridgehead atoms. The lowest BCUT2D eigenvalue weighted by molar-refractivity contribution is -0.142. The van der Waals surface area contributed by atoms with Gasteiger partial charge < -0.3 is 58.4 Å². The van der Waals surface area contributed by atoms with Gasteiger partial charge in [-0.25, -0.2) is 9.78 Å². The van der Waals surface area contributed by atoms with Crippen LogP contribution >= 0.6 is 0 Å². The molecule has 0 aliphatic heterocycles. The molecule has 20 heteroatoms. The maximum atomic E-state index is 13.5. The number of primary amides is 1. The number of hydrogen-bond donors (Lipinski definition) is 11. The number of carboxylic acid groups (broad SMARTS) is 2. The van der Waals surface area contributed by atoms with Crippen molar-refractivity contribution in [3.8, 4) is 5.75 Å². The second-order valence-corrected chi connectivity index (χ2v) is 13.1. The number of hydrogen-bond acceptors (Lipinski definition) is 11. The minimum absolute atomic E-state index is 0.0138. The van der Waals surface area contributed by atoms with E-state index in [0.29, 0.717) is 11.3 Å². The SMILES string of the molecule is CC(C)C[C@H](NC(=O)[C@H](CCC(=O)O)NC(=O)[C@@H](N)Cc1ccc(O)cc1)C(=O)N[C@@H](C)C(=O)N[C@@H](Cc1cnc[nH]1)C(=O)N[C@@H](CCC(N)=O)C(=O)O. The van der Waals surface area contributed by atoms with E-state index in [0.717, 1.165) is 0 Å². The third-order valence-corrected chi connectivity index (χ3v) is 8.01. The molecule has 0 saturated heterocycles. The van der Waals surface area contributed by atoms with Crippen LogP contribution in [0.4, 0.5) is 0 Å². The van der Waals surface area contributed by atoms with E-state index in [1.165, 1.54) is 31.6 Å². The van der Waals surface area contributed by atoms with Gasteiger partial charge in [0.05, 0.1) is 12.4 Å². The van der Waals surface area contributed by atoms with Gasteiger partial charge in [0.1, 0.15) is 36.0 Å². The Morgan fingerprint density at radius 1 is 0.722 bits per heavy atom. The predicted octanol–water partition coefficient (Wildman–Crippen LogP) is -2.07. The monoisotopic (exact) mass is 759 g/mol. The summed E-state index contributed by atoms with van der Waals surface area (Å²) in [7, 11) is 0. The van der Waals surface area contributed by atoms with Crippen molar-refractivity contribution in [2.24, 2.45) is 17.4 Å². The lowest BCUT2D eigenvalue weighted by Crippen LogP contribution is -2.59. The van der Waals surface area contributed by atoms with Crippen molar-refractivity contribution in [3.05, 3.63) is 48.0 Å². The largest absolute Gasteiger partial charge is 0.508 e. The Balaban J connectivity index is 2.17. The second-order valence-electron chi connectivity index (χ2n) is 13.1. The highest BCUT2D eigenvalue weighted by atomic mass is 16.4. The van der Waals surface area contributed by atoms with Crippen LogP contribution in [0.2, 0.25) is 0 Å². The van der Waals surface area contributed by atoms with Crippen LogP contribution in [0.15, 0.2) is 36.8 Å². The maximum absolute atomic E-state index is 13.5. The first-order valence-corrected chi connectivity index (χ1v) is 17.1. The average Bonchev–Trinajstić information content (AvgIpc) is 3.61. The number of nitrogens with one attached hydrogen (secondary N) is 6. The van der Waals surface area contributed by atoms with Gasteiger partial charge in [-0.3, -0.25) is 33.6 Å². The van der Waals surface area contributed by atoms with E-state index in [1.54, 1.807) is 26.0 Å². The number of aromatic nitrogens is 2. The lowest BCUT2D eigenvalue weighted by atomic mass is 10.0. The molecule has 20 nitrogen and oxygen atoms in total. The first-order valence-electron chi connectivity index (χ1n) is 17.1. The number of aromatic hydroxyl groups is 1. The number of H-pyrrole nitrogens is 1. The molecule has 0 radical (unpaired) electrons. The van der Waals surface area contributed by atoms with Crippen molar-refractivity contribution in [2.45, 2.75) is 102 Å². The third kappa shape index (κ3) is 15.7. The van der Waals surface area contributed by atoms with Crippen LogP contribution in [0.3, 0.4) is 0 Å². The van der Waals surface area contributed by atoms with Gasteiger partial charge in [-0.15, -0.1) is 0 Å². The Hall–Kier alpha value is -6.05. The number of benzene rings is 1. The van der Waals surface area contributed by atoms with Gasteiger partial charge in [-0.05, 0) is 56.2 Å². The summed E-state index contributed by atoms with van der Waals surface area (Å²) in [6.45, 7) is 4.84. The van der Waals surface area contributed by atoms with E-state index in [-0.39, 0.29) is 50.2 Å². The molecule has 1 heterocycles. The van der Waals surface area contributed by atoms with E-state index < -0.39 is 90.1 Å². The van der Waals surface area contributed by atoms with Crippen LogP contribution in [0.1, 0.15) is 64.1 Å². The molecule has 13 N–H and O–H groups in total. The van der Waals surface area contributed by atoms with E-state index in [2.05, 4.69) is 36.6 Å². The van der Waals surface area contributed by atoms with Crippen molar-refractivity contribution in [2.75, 3.05) is 0 Å². The first kappa shape index (κ1) is 44.1. The Morgan fingerprint density at radius 3 is 1.83 bits per heavy atom. The number of aliphatic carboxylic acids is 2. The summed E-state index contributed by atoms with van der Waals surface area (Å²) in [5.74, 6) is -7.81. The number of imidazole rings is 1. The number of phenols is 1. The fourth-order valence-electron chi connectivity index (χ4n) is 5.09. The summed E-state index contributed by atoms with van der Waals surface area (Å²) < 4.78 is 0. The van der Waals surface area contributed by atoms with Crippen LogP contribution in [-0.2, 0) is 51.2 Å². The number of carboxylic acids is 2. The van der Waals surface area contributed by atoms with E-state index >= 15 is 0 Å². The smallest absolute Gasteiger partial charge is 0.326 e. The third-order valence-electron chi connectivity index (χ3n) is 8.01. The topological polar surface area (TPSA) is 338 Å². The number of carbonyl (C=O) groups is 8. The molecule has 296 valence electrons. The Kier molecular flexibility index (Phi) is 17.5. The molecule has 2 rings (SSSR count). The standard InChI is InChI=1S/C34H49N9O11/c1-17(2)12-25(43-31(50)23(9-11-28(46)47)40-30(49)22(35)13-19-4-6-21(44)7-5-19)32(51)39-18(3)29(48)42-26(14-20-15-37-16-38-20)33(52)41-24(34(53)54)8-10-27(36)45/h4-7,15-18,22-26,44H,8-14,35H2,1-3H3,(H2,36,45)(H,37,38)(H,39,51)(H,40,49)(H,41,52)(H,42,48)(H,43,50)(H,46,47)(H,53,54)/t18-,22-,23-,24-,25-,26-/m0/s1. The molecular weight excluding hydrogens is 710 g/mol. The Morgan fingerprint density at radius 2 is 1.28 bits per heavy atom. The number of nitrogens with zero attached hydrogens (tertiary/aromatic N) is 1. The van der Waals surface area contributed by atoms with Crippen LogP contribution in [-0.4, -0.2) is 109 Å². The molecule has 1 aromatic carbocycles. The van der Waals surface area contributed by atoms with Crippen molar-refractivity contribution in [3.63, 3.8) is 0 Å². The normalized spacial score (nSPS) is 14.3. The molecule has 0 fully saturated rings. The fourth-order valence-corrected chi connectivity index (χ4v) is 5.09. The van der Waals surface area contributed by atoms with Crippen LogP contribution in [0.25, 0.3) is 0 Å². The second kappa shape index (κ2) is 21.5. The van der Waals surface area contributed by atoms with Gasteiger partial charge in [-0.1, -0.05) is 26.0 Å². The van der Waals surface area contributed by atoms with Gasteiger partial charge in [0.15, 0.2) is 0 Å². The fraction of sp³-hybridized carbons (Fsp3) is 0.500. The molecule has 0 aliphatic carbocycles. The summed E-state index contributed by atoms with van der Waals surface area (Å²) in [5, 5.41) is 40.5. The lowest BCUT2D eigenvalue weighted by Gasteiger charge is -2.26. The van der Waals surface area contributed by atoms with Crippen LogP contribution < -0.4 is 38.1 Å². The predicted molar refractivity (Wildman–Crippen MR) is 190 cm³/mol. The minimum atomic E-state index is -1.50. The van der Waals surface area contributed by atoms with Crippen LogP contribution in [0.5, 0.6) is 5.75 Å². The number of phenolic OH excluding ortho intramolecular Hbond substituents is 1. The number of aromatic amines is 1. The molecule has 0 saturated carbocycles. The summed E-state index contributed by atoms with van der Waals surface area (Å²) in [5.41, 5.74) is 12.2. The van der Waals surface area contributed by atoms with Crippen molar-refractivity contribution >= 4 is 47.4 Å². The van der Waals surface area contributed by atoms with Crippen molar-refractivity contribution in [1.82, 2.24) is 36.6 Å². The number of rotatable bonds is 23. The molecule has 0 unspecified atom stereocenters. The Labute approximate surface area is 310 Å². The molecule has 0 aliphatic rings. The molecule has 2 aromatic rings. The highest BCUT2D eigenvalue weighted by Crippen LogP contribution is 2.12. The molecule has 1 aromatic heterocycles. The zero-order chi connectivity index (χ0) is 40.5. The average molecular weight is 760 g/mol. The van der Waals surface area contributed by atoms with E-state index in [1.807, 2.05) is 0 Å². The highest BCUT2D eigenvalue weighted by Gasteiger charge is 2.32. The van der Waals surface area contributed by atoms with Crippen molar-refractivity contribution in [1.29, 1.82) is 0 Å². The summed E-state index contributed by atoms with van der Waals surface area (Å²) in [6.07, 6.45) is 1.19. The molecule has 6 amide bonds. The minimum Gasteiger partial charge on any atom is -0.508 e. The van der Waals surface area contributed by atoms with E-state index in [4.69, 9.17) is 11.5 Å². The first-order chi connectivity index (χ1) is 25.4. The Bertz CT molecular complexity index is 1620. The summed E-state index contributed by atoms with van der Waals surface area (Å²) in [4.78, 5) is 107. The molecule has 6 atom stereocenters. The highest BCUT2D eigenvalue weighted by molar-refractivity contribution is 5.96. The van der Waals surface area contributed by atoms with E-state index in [9.17, 15) is 53.7 Å². The van der Waals surface area contributed by atoms with Crippen molar-refractivity contribution < 1.29 is 53.7 Å². The summed E-state index contributed by atoms with van der Waals surface area (Å²) in [6, 6.07) is -2.01. The van der Waals surface area contributed by atoms with Gasteiger partial charge in [0.25, 0.3) is 0 Å². The zero-order valence-electron chi connectivity index (χ0n) is 30.2. The summed E-state index contributed by atoms with van der Waals surface area (Å²) >= 11 is 0. The number of carbonyl (C=O) groups excluding carboxylic acids is 6. The molecular formula is C34H49N9O11. The molecule has 0 spiro atoms. The quantitative estimate of drug-likeness (QED) is 0.0581. The van der Waals surface area contributed by atoms with Gasteiger partial charge in [0.2, 0.25) is 35.4 Å². The van der Waals surface area contributed by atoms with Gasteiger partial charge >= 0.3 is 11.9 Å². The van der Waals surface area contributed by atoms with Crippen LogP contribution in [0, 0.1) is 5.92 Å². The number of amides is 6. The van der Waals surface area contributed by atoms with Gasteiger partial charge in [0, 0.05) is 31.2 Å². The van der Waals surface area contributed by atoms with Gasteiger partial charge in [-0.2, -0.15) is 0 Å². The zero-order valence-corrected chi connectivity index (χ0v) is 30.2. The number of nitrogens with two attached hydrogens (primary N) is 2. The maximum Gasteiger partial charge on any atom is 0.326 e. The molecule has 54 heavy (non-hydrogen) atoms.